The third-order valence-electron chi connectivity index (χ3n) is 6.67. The van der Waals surface area contributed by atoms with Gasteiger partial charge in [-0.25, -0.2) is 4.98 Å². The Kier molecular flexibility index (Phi) is 6.08. The first kappa shape index (κ1) is 24.5. The van der Waals surface area contributed by atoms with Crippen LogP contribution in [-0.4, -0.2) is 34.5 Å². The Bertz CT molecular complexity index is 1630. The molecule has 7 nitrogen and oxygen atoms in total. The van der Waals surface area contributed by atoms with E-state index < -0.39 is 17.7 Å². The van der Waals surface area contributed by atoms with Crippen molar-refractivity contribution in [3.05, 3.63) is 87.9 Å². The van der Waals surface area contributed by atoms with Crippen LogP contribution in [-0.2, 0) is 16.0 Å². The van der Waals surface area contributed by atoms with Crippen LogP contribution in [0.5, 0.6) is 11.5 Å². The lowest BCUT2D eigenvalue weighted by atomic mass is 9.94. The van der Waals surface area contributed by atoms with Gasteiger partial charge in [0.2, 0.25) is 0 Å². The number of amides is 1. The third-order valence-corrected chi connectivity index (χ3v) is 7.92. The number of ether oxygens (including phenoxy) is 2. The summed E-state index contributed by atoms with van der Waals surface area (Å²) in [4.78, 5) is 33.0. The molecule has 0 unspecified atom stereocenters. The molecule has 6 rings (SSSR count). The highest BCUT2D eigenvalue weighted by atomic mass is 35.5. The van der Waals surface area contributed by atoms with E-state index in [1.807, 2.05) is 19.9 Å². The number of rotatable bonds is 5. The van der Waals surface area contributed by atoms with Crippen molar-refractivity contribution >= 4 is 55.7 Å². The second kappa shape index (κ2) is 9.45. The Morgan fingerprint density at radius 2 is 1.95 bits per heavy atom. The van der Waals surface area contributed by atoms with Crippen molar-refractivity contribution in [3.8, 4) is 11.5 Å². The number of carbonyl (C=O) groups excluding carboxylic acids is 2. The molecule has 2 aliphatic heterocycles. The van der Waals surface area contributed by atoms with E-state index in [1.54, 1.807) is 54.6 Å². The maximum Gasteiger partial charge on any atom is 0.301 e. The number of fused-ring (bicyclic) bond motifs is 2. The number of benzene rings is 3. The monoisotopic (exact) mass is 546 g/mol. The van der Waals surface area contributed by atoms with Gasteiger partial charge in [-0.3, -0.25) is 14.5 Å². The van der Waals surface area contributed by atoms with Crippen molar-refractivity contribution in [2.75, 3.05) is 11.5 Å². The van der Waals surface area contributed by atoms with Crippen molar-refractivity contribution in [2.45, 2.75) is 32.4 Å². The number of aliphatic hydroxyl groups excluding tert-OH is 1. The predicted molar refractivity (Wildman–Crippen MR) is 147 cm³/mol. The van der Waals surface area contributed by atoms with E-state index >= 15 is 0 Å². The molecule has 4 aromatic rings. The molecule has 0 bridgehead atoms. The molecule has 192 valence electrons. The number of anilines is 1. The minimum Gasteiger partial charge on any atom is -0.507 e. The molecule has 3 heterocycles. The zero-order chi connectivity index (χ0) is 26.6. The van der Waals surface area contributed by atoms with E-state index in [-0.39, 0.29) is 17.4 Å². The zero-order valence-electron chi connectivity index (χ0n) is 20.6. The molecular formula is C29H23ClN2O5S. The van der Waals surface area contributed by atoms with Crippen LogP contribution >= 0.6 is 22.9 Å². The van der Waals surface area contributed by atoms with E-state index in [0.29, 0.717) is 45.6 Å². The van der Waals surface area contributed by atoms with Gasteiger partial charge in [0.25, 0.3) is 5.78 Å². The topological polar surface area (TPSA) is 89.0 Å². The van der Waals surface area contributed by atoms with Gasteiger partial charge >= 0.3 is 5.91 Å². The fourth-order valence-electron chi connectivity index (χ4n) is 4.97. The number of thiazole rings is 1. The van der Waals surface area contributed by atoms with Crippen molar-refractivity contribution in [1.29, 1.82) is 0 Å². The summed E-state index contributed by atoms with van der Waals surface area (Å²) in [6, 6.07) is 16.8. The largest absolute Gasteiger partial charge is 0.507 e. The van der Waals surface area contributed by atoms with Gasteiger partial charge in [-0.2, -0.15) is 0 Å². The molecule has 0 spiro atoms. The van der Waals surface area contributed by atoms with Gasteiger partial charge in [-0.1, -0.05) is 35.1 Å². The maximum atomic E-state index is 13.5. The van der Waals surface area contributed by atoms with Crippen LogP contribution in [0.3, 0.4) is 0 Å². The normalized spacial score (nSPS) is 20.1. The molecule has 38 heavy (non-hydrogen) atoms. The summed E-state index contributed by atoms with van der Waals surface area (Å²) >= 11 is 7.43. The molecule has 1 fully saturated rings. The van der Waals surface area contributed by atoms with E-state index in [2.05, 4.69) is 4.98 Å². The fourth-order valence-corrected chi connectivity index (χ4v) is 6.24. The predicted octanol–water partition coefficient (Wildman–Crippen LogP) is 6.30. The Labute approximate surface area is 227 Å². The van der Waals surface area contributed by atoms with Crippen LogP contribution in [0.2, 0.25) is 5.02 Å². The van der Waals surface area contributed by atoms with Crippen LogP contribution in [0.15, 0.2) is 66.2 Å². The molecule has 1 aromatic heterocycles. The number of aromatic nitrogens is 1. The summed E-state index contributed by atoms with van der Waals surface area (Å²) in [5.74, 6) is -0.352. The first-order valence-corrected chi connectivity index (χ1v) is 13.4. The van der Waals surface area contributed by atoms with E-state index in [9.17, 15) is 14.7 Å². The highest BCUT2D eigenvalue weighted by Gasteiger charge is 2.48. The summed E-state index contributed by atoms with van der Waals surface area (Å²) in [5, 5.41) is 12.4. The number of halogens is 1. The second-order valence-electron chi connectivity index (χ2n) is 9.23. The highest BCUT2D eigenvalue weighted by molar-refractivity contribution is 7.22. The van der Waals surface area contributed by atoms with Gasteiger partial charge in [-0.15, -0.1) is 0 Å². The minimum absolute atomic E-state index is 0.00311. The molecule has 3 aromatic carbocycles. The number of hydrogen-bond donors (Lipinski definition) is 1. The number of hydrogen-bond acceptors (Lipinski definition) is 7. The fraction of sp³-hybridized carbons (Fsp3) is 0.207. The molecule has 0 saturated carbocycles. The lowest BCUT2D eigenvalue weighted by molar-refractivity contribution is -0.132. The van der Waals surface area contributed by atoms with Crippen LogP contribution in [0, 0.1) is 0 Å². The van der Waals surface area contributed by atoms with Crippen LogP contribution in [0.1, 0.15) is 36.6 Å². The summed E-state index contributed by atoms with van der Waals surface area (Å²) in [5.41, 5.74) is 2.70. The van der Waals surface area contributed by atoms with E-state index in [4.69, 9.17) is 21.1 Å². The molecule has 2 aliphatic rings. The van der Waals surface area contributed by atoms with Crippen molar-refractivity contribution in [1.82, 2.24) is 4.98 Å². The zero-order valence-corrected chi connectivity index (χ0v) is 22.2. The third kappa shape index (κ3) is 4.10. The minimum atomic E-state index is -0.884. The van der Waals surface area contributed by atoms with Gasteiger partial charge in [-0.05, 0) is 73.5 Å². The molecule has 1 amide bonds. The number of Topliss-reactive ketones (excluding diaryl/α,β-unsaturated/α-hetero) is 1. The molecular weight excluding hydrogens is 524 g/mol. The lowest BCUT2D eigenvalue weighted by Gasteiger charge is -2.23. The lowest BCUT2D eigenvalue weighted by Crippen LogP contribution is -2.29. The van der Waals surface area contributed by atoms with E-state index in [1.165, 1.54) is 16.2 Å². The summed E-state index contributed by atoms with van der Waals surface area (Å²) in [7, 11) is 0. The second-order valence-corrected chi connectivity index (χ2v) is 10.7. The Morgan fingerprint density at radius 1 is 1.16 bits per heavy atom. The average molecular weight is 547 g/mol. The number of nitrogens with zero attached hydrogens (tertiary/aromatic N) is 2. The number of aliphatic hydroxyl groups is 1. The Hall–Kier alpha value is -3.88. The maximum absolute atomic E-state index is 13.5. The first-order valence-electron chi connectivity index (χ1n) is 12.2. The highest BCUT2D eigenvalue weighted by Crippen LogP contribution is 2.45. The SMILES string of the molecule is CCOc1ccc([C@@H]2/C(=C(\O)c3ccc4c(c3)C[C@@H](C)O4)C(=O)C(=O)N2c2nc3ccc(Cl)cc3s2)cc1. The van der Waals surface area contributed by atoms with Gasteiger partial charge in [0.05, 0.1) is 28.4 Å². The van der Waals surface area contributed by atoms with Gasteiger partial charge in [0, 0.05) is 17.0 Å². The van der Waals surface area contributed by atoms with Crippen molar-refractivity contribution in [2.24, 2.45) is 0 Å². The average Bonchev–Trinajstić information content (AvgIpc) is 3.56. The van der Waals surface area contributed by atoms with Crippen LogP contribution < -0.4 is 14.4 Å². The van der Waals surface area contributed by atoms with Crippen molar-refractivity contribution < 1.29 is 24.2 Å². The summed E-state index contributed by atoms with van der Waals surface area (Å²) in [6.07, 6.45) is 0.728. The van der Waals surface area contributed by atoms with E-state index in [0.717, 1.165) is 16.0 Å². The molecule has 0 aliphatic carbocycles. The molecule has 0 radical (unpaired) electrons. The summed E-state index contributed by atoms with van der Waals surface area (Å²) < 4.78 is 12.1. The van der Waals surface area contributed by atoms with Crippen LogP contribution in [0.4, 0.5) is 5.13 Å². The van der Waals surface area contributed by atoms with Gasteiger partial charge in [0.15, 0.2) is 5.13 Å². The molecule has 1 N–H and O–H groups in total. The van der Waals surface area contributed by atoms with Gasteiger partial charge in [0.1, 0.15) is 23.4 Å². The number of ketones is 1. The molecule has 2 atom stereocenters. The summed E-state index contributed by atoms with van der Waals surface area (Å²) in [6.45, 7) is 4.37. The standard InChI is InChI=1S/C29H23ClN2O5S/c1-3-36-20-8-4-16(5-9-20)25-24(26(33)17-6-11-22-18(13-17)12-15(2)37-22)27(34)28(35)32(25)29-31-21-10-7-19(30)14-23(21)38-29/h4-11,13-15,25,33H,3,12H2,1-2H3/b26-24+/t15-,25-/m1/s1. The van der Waals surface area contributed by atoms with Crippen LogP contribution in [0.25, 0.3) is 16.0 Å². The Balaban J connectivity index is 1.51. The smallest absolute Gasteiger partial charge is 0.301 e. The molecule has 1 saturated heterocycles. The number of carbonyl (C=O) groups is 2. The van der Waals surface area contributed by atoms with Crippen molar-refractivity contribution in [3.63, 3.8) is 0 Å². The first-order chi connectivity index (χ1) is 18.3. The quantitative estimate of drug-likeness (QED) is 0.179. The Morgan fingerprint density at radius 3 is 2.71 bits per heavy atom. The molecule has 9 heteroatoms. The van der Waals surface area contributed by atoms with Gasteiger partial charge < -0.3 is 14.6 Å².